The van der Waals surface area contributed by atoms with E-state index in [1.807, 2.05) is 42.6 Å². The Labute approximate surface area is 122 Å². The molecule has 21 heavy (non-hydrogen) atoms. The summed E-state index contributed by atoms with van der Waals surface area (Å²) in [5, 5.41) is 0. The van der Waals surface area contributed by atoms with Crippen molar-refractivity contribution in [1.29, 1.82) is 0 Å². The molecule has 0 saturated carbocycles. The van der Waals surface area contributed by atoms with Gasteiger partial charge in [0, 0.05) is 11.9 Å². The molecular formula is C17H16N2O2. The van der Waals surface area contributed by atoms with Crippen molar-refractivity contribution in [3.8, 4) is 0 Å². The van der Waals surface area contributed by atoms with Gasteiger partial charge in [-0.1, -0.05) is 30.3 Å². The lowest BCUT2D eigenvalue weighted by atomic mass is 9.79. The number of nitrogens with zero attached hydrogens (tertiary/aromatic N) is 1. The zero-order valence-electron chi connectivity index (χ0n) is 11.6. The molecule has 2 atom stereocenters. The predicted octanol–water partition coefficient (Wildman–Crippen LogP) is 2.23. The molecular weight excluding hydrogens is 264 g/mol. The third-order valence-electron chi connectivity index (χ3n) is 4.61. The van der Waals surface area contributed by atoms with Crippen LogP contribution in [0.4, 0.5) is 0 Å². The van der Waals surface area contributed by atoms with Gasteiger partial charge in [0.1, 0.15) is 0 Å². The normalized spacial score (nSPS) is 24.1. The first-order chi connectivity index (χ1) is 10.3. The quantitative estimate of drug-likeness (QED) is 0.858. The van der Waals surface area contributed by atoms with Crippen molar-refractivity contribution in [2.45, 2.75) is 25.3 Å². The third kappa shape index (κ3) is 1.82. The van der Waals surface area contributed by atoms with E-state index in [9.17, 15) is 9.59 Å². The monoisotopic (exact) mass is 280 g/mol. The van der Waals surface area contributed by atoms with Crippen LogP contribution in [0.5, 0.6) is 0 Å². The molecule has 0 spiro atoms. The molecule has 0 unspecified atom stereocenters. The second-order valence-corrected chi connectivity index (χ2v) is 5.78. The SMILES string of the molecule is O=C1[C@H]2CCc3[nH]ccc3[C@H]2C(=O)N1Cc1ccccc1. The minimum atomic E-state index is -0.281. The van der Waals surface area contributed by atoms with E-state index in [2.05, 4.69) is 4.98 Å². The molecule has 2 amide bonds. The number of benzene rings is 1. The number of carbonyl (C=O) groups excluding carboxylic acids is 2. The maximum Gasteiger partial charge on any atom is 0.237 e. The first-order valence-corrected chi connectivity index (χ1v) is 7.31. The number of imide groups is 1. The van der Waals surface area contributed by atoms with E-state index in [0.717, 1.165) is 29.7 Å². The molecule has 106 valence electrons. The molecule has 1 aliphatic carbocycles. The number of hydrogen-bond donors (Lipinski definition) is 1. The van der Waals surface area contributed by atoms with Crippen LogP contribution in [0.3, 0.4) is 0 Å². The van der Waals surface area contributed by atoms with Crippen LogP contribution in [0.25, 0.3) is 0 Å². The summed E-state index contributed by atoms with van der Waals surface area (Å²) < 4.78 is 0. The van der Waals surface area contributed by atoms with E-state index in [1.165, 1.54) is 4.90 Å². The number of H-pyrrole nitrogens is 1. The van der Waals surface area contributed by atoms with Gasteiger partial charge in [-0.25, -0.2) is 0 Å². The number of rotatable bonds is 2. The Morgan fingerprint density at radius 1 is 1.10 bits per heavy atom. The molecule has 1 aliphatic heterocycles. The second kappa shape index (κ2) is 4.58. The Kier molecular flexibility index (Phi) is 2.70. The fourth-order valence-electron chi connectivity index (χ4n) is 3.58. The van der Waals surface area contributed by atoms with Gasteiger partial charge < -0.3 is 4.98 Å². The lowest BCUT2D eigenvalue weighted by Gasteiger charge is -2.21. The van der Waals surface area contributed by atoms with Crippen LogP contribution in [0.15, 0.2) is 42.6 Å². The van der Waals surface area contributed by atoms with Gasteiger partial charge in [-0.15, -0.1) is 0 Å². The maximum absolute atomic E-state index is 12.7. The van der Waals surface area contributed by atoms with Crippen LogP contribution >= 0.6 is 0 Å². The maximum atomic E-state index is 12.7. The number of carbonyl (C=O) groups is 2. The van der Waals surface area contributed by atoms with Crippen LogP contribution in [0.2, 0.25) is 0 Å². The molecule has 1 aromatic carbocycles. The zero-order chi connectivity index (χ0) is 14.4. The summed E-state index contributed by atoms with van der Waals surface area (Å²) in [6.07, 6.45) is 3.47. The predicted molar refractivity (Wildman–Crippen MR) is 77.3 cm³/mol. The van der Waals surface area contributed by atoms with Crippen molar-refractivity contribution in [2.24, 2.45) is 5.92 Å². The summed E-state index contributed by atoms with van der Waals surface area (Å²) in [7, 11) is 0. The average Bonchev–Trinajstić information content (AvgIpc) is 3.07. The van der Waals surface area contributed by atoms with Crippen molar-refractivity contribution in [1.82, 2.24) is 9.88 Å². The number of hydrogen-bond acceptors (Lipinski definition) is 2. The van der Waals surface area contributed by atoms with Crippen molar-refractivity contribution < 1.29 is 9.59 Å². The minimum Gasteiger partial charge on any atom is -0.365 e. The largest absolute Gasteiger partial charge is 0.365 e. The lowest BCUT2D eigenvalue weighted by molar-refractivity contribution is -0.140. The van der Waals surface area contributed by atoms with Crippen LogP contribution < -0.4 is 0 Å². The number of nitrogens with one attached hydrogen (secondary N) is 1. The molecule has 4 heteroatoms. The first kappa shape index (κ1) is 12.4. The highest BCUT2D eigenvalue weighted by Gasteiger charge is 2.50. The highest BCUT2D eigenvalue weighted by atomic mass is 16.2. The van der Waals surface area contributed by atoms with Crippen molar-refractivity contribution in [3.05, 3.63) is 59.4 Å². The van der Waals surface area contributed by atoms with Gasteiger partial charge in [0.25, 0.3) is 0 Å². The Balaban J connectivity index is 1.67. The number of fused-ring (bicyclic) bond motifs is 3. The Bertz CT molecular complexity index is 705. The zero-order valence-corrected chi connectivity index (χ0v) is 11.6. The van der Waals surface area contributed by atoms with Crippen LogP contribution in [0.1, 0.15) is 29.2 Å². The van der Waals surface area contributed by atoms with Gasteiger partial charge in [0.15, 0.2) is 0 Å². The van der Waals surface area contributed by atoms with Gasteiger partial charge in [-0.3, -0.25) is 14.5 Å². The van der Waals surface area contributed by atoms with E-state index in [1.54, 1.807) is 0 Å². The third-order valence-corrected chi connectivity index (χ3v) is 4.61. The van der Waals surface area contributed by atoms with E-state index in [4.69, 9.17) is 0 Å². The van der Waals surface area contributed by atoms with Gasteiger partial charge in [0.05, 0.1) is 18.4 Å². The van der Waals surface area contributed by atoms with Gasteiger partial charge in [-0.05, 0) is 30.0 Å². The molecule has 2 aromatic rings. The number of aromatic nitrogens is 1. The summed E-state index contributed by atoms with van der Waals surface area (Å²) >= 11 is 0. The molecule has 2 heterocycles. The fourth-order valence-corrected chi connectivity index (χ4v) is 3.58. The highest BCUT2D eigenvalue weighted by molar-refractivity contribution is 6.08. The van der Waals surface area contributed by atoms with Crippen LogP contribution in [-0.2, 0) is 22.6 Å². The van der Waals surface area contributed by atoms with Crippen molar-refractivity contribution in [3.63, 3.8) is 0 Å². The number of likely N-dealkylation sites (tertiary alicyclic amines) is 1. The molecule has 1 aromatic heterocycles. The Morgan fingerprint density at radius 3 is 2.71 bits per heavy atom. The molecule has 0 radical (unpaired) electrons. The Hall–Kier alpha value is -2.36. The van der Waals surface area contributed by atoms with Crippen LogP contribution in [0, 0.1) is 5.92 Å². The summed E-state index contributed by atoms with van der Waals surface area (Å²) in [5.41, 5.74) is 3.12. The summed E-state index contributed by atoms with van der Waals surface area (Å²) in [5.74, 6) is -0.518. The molecule has 1 fully saturated rings. The first-order valence-electron chi connectivity index (χ1n) is 7.31. The molecule has 4 rings (SSSR count). The standard InChI is InChI=1S/C17H16N2O2/c20-16-13-6-7-14-12(8-9-18-14)15(13)17(21)19(16)10-11-4-2-1-3-5-11/h1-5,8-9,13,15,18H,6-7,10H2/t13-,15+/m0/s1. The summed E-state index contributed by atoms with van der Waals surface area (Å²) in [4.78, 5) is 29.9. The van der Waals surface area contributed by atoms with E-state index in [-0.39, 0.29) is 23.7 Å². The van der Waals surface area contributed by atoms with Gasteiger partial charge >= 0.3 is 0 Å². The molecule has 2 aliphatic rings. The summed E-state index contributed by atoms with van der Waals surface area (Å²) in [6.45, 7) is 0.380. The van der Waals surface area contributed by atoms with E-state index >= 15 is 0 Å². The van der Waals surface area contributed by atoms with Gasteiger partial charge in [0.2, 0.25) is 11.8 Å². The molecule has 4 nitrogen and oxygen atoms in total. The number of aryl methyl sites for hydroxylation is 1. The second-order valence-electron chi connectivity index (χ2n) is 5.78. The Morgan fingerprint density at radius 2 is 1.90 bits per heavy atom. The minimum absolute atomic E-state index is 0.0132. The molecule has 1 saturated heterocycles. The average molecular weight is 280 g/mol. The smallest absolute Gasteiger partial charge is 0.237 e. The molecule has 0 bridgehead atoms. The van der Waals surface area contributed by atoms with Gasteiger partial charge in [-0.2, -0.15) is 0 Å². The lowest BCUT2D eigenvalue weighted by Crippen LogP contribution is -2.30. The highest BCUT2D eigenvalue weighted by Crippen LogP contribution is 2.43. The topological polar surface area (TPSA) is 53.2 Å². The van der Waals surface area contributed by atoms with Crippen LogP contribution in [-0.4, -0.2) is 21.7 Å². The van der Waals surface area contributed by atoms with E-state index in [0.29, 0.717) is 6.54 Å². The van der Waals surface area contributed by atoms with E-state index < -0.39 is 0 Å². The van der Waals surface area contributed by atoms with Crippen molar-refractivity contribution in [2.75, 3.05) is 0 Å². The fraction of sp³-hybridized carbons (Fsp3) is 0.294. The molecule has 1 N–H and O–H groups in total. The summed E-state index contributed by atoms with van der Waals surface area (Å²) in [6, 6.07) is 11.6. The number of amides is 2. The number of aromatic amines is 1. The van der Waals surface area contributed by atoms with Crippen molar-refractivity contribution >= 4 is 11.8 Å².